The maximum Gasteiger partial charge on any atom is 0.140 e. The molecular weight excluding hydrogens is 418 g/mol. The molecule has 0 amide bonds. The number of hydrogen-bond donors (Lipinski definition) is 0. The molecule has 0 N–H and O–H groups in total. The summed E-state index contributed by atoms with van der Waals surface area (Å²) in [6, 6.07) is 23.4. The Hall–Kier alpha value is -4.51. The van der Waals surface area contributed by atoms with E-state index in [9.17, 15) is 0 Å². The summed E-state index contributed by atoms with van der Waals surface area (Å²) in [5.41, 5.74) is 6.91. The van der Waals surface area contributed by atoms with Crippen molar-refractivity contribution in [3.8, 4) is 11.6 Å². The van der Waals surface area contributed by atoms with Crippen molar-refractivity contribution in [1.82, 2.24) is 24.1 Å². The second-order valence-corrected chi connectivity index (χ2v) is 8.85. The van der Waals surface area contributed by atoms with Gasteiger partial charge in [-0.05, 0) is 62.4 Å². The minimum Gasteiger partial charge on any atom is -0.294 e. The van der Waals surface area contributed by atoms with Gasteiger partial charge in [0.15, 0.2) is 0 Å². The fourth-order valence-electron chi connectivity index (χ4n) is 5.11. The molecule has 7 rings (SSSR count). The van der Waals surface area contributed by atoms with E-state index in [4.69, 9.17) is 4.98 Å². The van der Waals surface area contributed by atoms with Gasteiger partial charge in [0.05, 0.1) is 22.1 Å². The molecule has 0 saturated carbocycles. The van der Waals surface area contributed by atoms with Gasteiger partial charge in [-0.15, -0.1) is 0 Å². The molecule has 2 aromatic carbocycles. The third-order valence-electron chi connectivity index (χ3n) is 6.62. The first kappa shape index (κ1) is 19.0. The van der Waals surface area contributed by atoms with Crippen molar-refractivity contribution >= 4 is 43.6 Å². The topological polar surface area (TPSA) is 48.5 Å². The number of aryl methyl sites for hydroxylation is 2. The average molecular weight is 440 g/mol. The van der Waals surface area contributed by atoms with E-state index in [1.165, 1.54) is 21.9 Å². The molecule has 5 aromatic heterocycles. The van der Waals surface area contributed by atoms with Crippen LogP contribution >= 0.6 is 0 Å². The largest absolute Gasteiger partial charge is 0.294 e. The van der Waals surface area contributed by atoms with Crippen LogP contribution in [0.4, 0.5) is 0 Å². The molecule has 5 heteroatoms. The summed E-state index contributed by atoms with van der Waals surface area (Å²) in [4.78, 5) is 14.0. The first-order valence-corrected chi connectivity index (χ1v) is 11.4. The van der Waals surface area contributed by atoms with E-state index >= 15 is 0 Å². The Morgan fingerprint density at radius 1 is 0.529 bits per heavy atom. The summed E-state index contributed by atoms with van der Waals surface area (Å²) in [6.45, 7) is 4.24. The molecule has 0 aliphatic heterocycles. The van der Waals surface area contributed by atoms with Gasteiger partial charge in [-0.3, -0.25) is 19.1 Å². The van der Waals surface area contributed by atoms with Gasteiger partial charge >= 0.3 is 0 Å². The lowest BCUT2D eigenvalue weighted by molar-refractivity contribution is 1.01. The quantitative estimate of drug-likeness (QED) is 0.302. The number of pyridine rings is 3. The van der Waals surface area contributed by atoms with Crippen LogP contribution < -0.4 is 0 Å². The molecule has 34 heavy (non-hydrogen) atoms. The highest BCUT2D eigenvalue weighted by atomic mass is 15.1. The van der Waals surface area contributed by atoms with Crippen LogP contribution in [0.25, 0.3) is 55.2 Å². The zero-order chi connectivity index (χ0) is 22.8. The molecule has 162 valence electrons. The minimum absolute atomic E-state index is 0.878. The molecular formula is C29H21N5. The normalized spacial score (nSPS) is 11.8. The van der Waals surface area contributed by atoms with Gasteiger partial charge in [0.25, 0.3) is 0 Å². The van der Waals surface area contributed by atoms with Crippen molar-refractivity contribution < 1.29 is 0 Å². The van der Waals surface area contributed by atoms with Crippen LogP contribution in [0, 0.1) is 13.8 Å². The van der Waals surface area contributed by atoms with E-state index < -0.39 is 0 Å². The third kappa shape index (κ3) is 2.64. The van der Waals surface area contributed by atoms with Gasteiger partial charge < -0.3 is 0 Å². The zero-order valence-corrected chi connectivity index (χ0v) is 18.9. The highest BCUT2D eigenvalue weighted by molar-refractivity contribution is 6.10. The Labute approximate surface area is 195 Å². The van der Waals surface area contributed by atoms with Gasteiger partial charge in [-0.1, -0.05) is 29.3 Å². The number of nitrogens with zero attached hydrogens (tertiary/aromatic N) is 5. The highest BCUT2D eigenvalue weighted by Gasteiger charge is 2.16. The summed E-state index contributed by atoms with van der Waals surface area (Å²) < 4.78 is 4.46. The molecule has 0 radical (unpaired) electrons. The number of aromatic nitrogens is 5. The van der Waals surface area contributed by atoms with Crippen LogP contribution in [0.5, 0.6) is 0 Å². The Balaban J connectivity index is 1.54. The number of benzene rings is 2. The Kier molecular flexibility index (Phi) is 3.91. The Bertz CT molecular complexity index is 1760. The Morgan fingerprint density at radius 2 is 1.00 bits per heavy atom. The maximum atomic E-state index is 5.19. The monoisotopic (exact) mass is 439 g/mol. The first-order valence-electron chi connectivity index (χ1n) is 11.4. The van der Waals surface area contributed by atoms with E-state index in [0.29, 0.717) is 0 Å². The van der Waals surface area contributed by atoms with Crippen molar-refractivity contribution in [2.45, 2.75) is 13.8 Å². The second kappa shape index (κ2) is 6.99. The summed E-state index contributed by atoms with van der Waals surface area (Å²) in [5.74, 6) is 1.76. The molecule has 0 fully saturated rings. The molecule has 0 unspecified atom stereocenters. The molecule has 5 heterocycles. The predicted molar refractivity (Wildman–Crippen MR) is 138 cm³/mol. The molecule has 0 aliphatic rings. The van der Waals surface area contributed by atoms with Crippen LogP contribution in [-0.2, 0) is 0 Å². The van der Waals surface area contributed by atoms with E-state index in [1.54, 1.807) is 0 Å². The van der Waals surface area contributed by atoms with Crippen LogP contribution in [0.2, 0.25) is 0 Å². The molecule has 0 saturated heterocycles. The first-order chi connectivity index (χ1) is 16.7. The number of fused-ring (bicyclic) bond motifs is 6. The zero-order valence-electron chi connectivity index (χ0n) is 18.9. The fourth-order valence-corrected chi connectivity index (χ4v) is 5.11. The van der Waals surface area contributed by atoms with Crippen LogP contribution in [0.1, 0.15) is 11.1 Å². The van der Waals surface area contributed by atoms with E-state index in [-0.39, 0.29) is 0 Å². The summed E-state index contributed by atoms with van der Waals surface area (Å²) in [5, 5.41) is 4.64. The molecule has 0 aliphatic carbocycles. The highest BCUT2D eigenvalue weighted by Crippen LogP contribution is 2.34. The van der Waals surface area contributed by atoms with Gasteiger partial charge in [0.2, 0.25) is 0 Å². The van der Waals surface area contributed by atoms with Crippen molar-refractivity contribution in [2.75, 3.05) is 0 Å². The lowest BCUT2D eigenvalue weighted by atomic mass is 10.1. The predicted octanol–water partition coefficient (Wildman–Crippen LogP) is 6.68. The maximum absolute atomic E-state index is 5.19. The Morgan fingerprint density at radius 3 is 1.50 bits per heavy atom. The average Bonchev–Trinajstić information content (AvgIpc) is 3.36. The number of hydrogen-bond acceptors (Lipinski definition) is 3. The van der Waals surface area contributed by atoms with E-state index in [0.717, 1.165) is 44.5 Å². The van der Waals surface area contributed by atoms with Crippen LogP contribution in [0.3, 0.4) is 0 Å². The van der Waals surface area contributed by atoms with Gasteiger partial charge in [0.1, 0.15) is 11.6 Å². The molecule has 0 bridgehead atoms. The van der Waals surface area contributed by atoms with Gasteiger partial charge in [-0.2, -0.15) is 0 Å². The van der Waals surface area contributed by atoms with Gasteiger partial charge in [-0.25, -0.2) is 4.98 Å². The minimum atomic E-state index is 0.878. The van der Waals surface area contributed by atoms with Crippen molar-refractivity contribution in [1.29, 1.82) is 0 Å². The molecule has 0 spiro atoms. The molecule has 7 aromatic rings. The van der Waals surface area contributed by atoms with E-state index in [1.807, 2.05) is 24.8 Å². The number of rotatable bonds is 2. The standard InChI is InChI=1S/C29H21N5/c1-18-6-8-24-20(14-18)22-16-30-12-10-26(22)33(24)28-4-3-5-29(32-28)34-25-9-7-19(2)15-21(25)23-17-31-13-11-27(23)34/h3-17H,1-2H3. The van der Waals surface area contributed by atoms with Crippen molar-refractivity contribution in [2.24, 2.45) is 0 Å². The summed E-state index contributed by atoms with van der Waals surface area (Å²) in [7, 11) is 0. The smallest absolute Gasteiger partial charge is 0.140 e. The molecule has 0 atom stereocenters. The van der Waals surface area contributed by atoms with Crippen molar-refractivity contribution in [3.05, 3.63) is 103 Å². The second-order valence-electron chi connectivity index (χ2n) is 8.85. The van der Waals surface area contributed by atoms with Crippen LogP contribution in [0.15, 0.2) is 91.5 Å². The summed E-state index contributed by atoms with van der Waals surface area (Å²) in [6.07, 6.45) is 7.58. The fraction of sp³-hybridized carbons (Fsp3) is 0.0690. The van der Waals surface area contributed by atoms with Gasteiger partial charge in [0, 0.05) is 46.3 Å². The lowest BCUT2D eigenvalue weighted by Crippen LogP contribution is -2.03. The summed E-state index contributed by atoms with van der Waals surface area (Å²) >= 11 is 0. The van der Waals surface area contributed by atoms with Crippen LogP contribution in [-0.4, -0.2) is 24.1 Å². The van der Waals surface area contributed by atoms with Crippen molar-refractivity contribution in [3.63, 3.8) is 0 Å². The van der Waals surface area contributed by atoms with E-state index in [2.05, 4.69) is 99.7 Å². The third-order valence-corrected chi connectivity index (χ3v) is 6.62. The lowest BCUT2D eigenvalue weighted by Gasteiger charge is -2.11. The molecule has 5 nitrogen and oxygen atoms in total. The SMILES string of the molecule is Cc1ccc2c(c1)c1cnccc1n2-c1cccc(-n2c3ccncc3c3cc(C)ccc32)n1.